The van der Waals surface area contributed by atoms with Crippen LogP contribution in [0.1, 0.15) is 25.7 Å². The molecule has 0 aromatic rings. The number of halogens is 1. The van der Waals surface area contributed by atoms with Gasteiger partial charge in [0, 0.05) is 5.92 Å². The maximum atomic E-state index is 12.8. The summed E-state index contributed by atoms with van der Waals surface area (Å²) in [6.07, 6.45) is 3.35. The molecule has 1 unspecified atom stereocenters. The van der Waals surface area contributed by atoms with Crippen molar-refractivity contribution in [2.45, 2.75) is 31.9 Å². The molecule has 54 valence electrons. The zero-order valence-electron chi connectivity index (χ0n) is 5.65. The summed E-state index contributed by atoms with van der Waals surface area (Å²) < 4.78 is 12.8. The van der Waals surface area contributed by atoms with Crippen LogP contribution in [0.15, 0.2) is 0 Å². The minimum Gasteiger partial charge on any atom is -0.330 e. The summed E-state index contributed by atoms with van der Waals surface area (Å²) in [6, 6.07) is 0. The predicted molar refractivity (Wildman–Crippen MR) is 35.9 cm³/mol. The molecule has 0 saturated heterocycles. The van der Waals surface area contributed by atoms with E-state index in [1.165, 1.54) is 6.42 Å². The minimum absolute atomic E-state index is 0.166. The van der Waals surface area contributed by atoms with Gasteiger partial charge in [0.1, 0.15) is 6.17 Å². The Kier molecular flexibility index (Phi) is 2.46. The van der Waals surface area contributed by atoms with Gasteiger partial charge in [-0.25, -0.2) is 4.39 Å². The van der Waals surface area contributed by atoms with Crippen LogP contribution in [0.2, 0.25) is 0 Å². The van der Waals surface area contributed by atoms with Crippen LogP contribution in [0, 0.1) is 5.92 Å². The Labute approximate surface area is 55.4 Å². The van der Waals surface area contributed by atoms with Crippen LogP contribution in [0.5, 0.6) is 0 Å². The fourth-order valence-electron chi connectivity index (χ4n) is 1.43. The molecule has 2 atom stereocenters. The van der Waals surface area contributed by atoms with E-state index in [4.69, 9.17) is 5.73 Å². The molecule has 1 aliphatic rings. The zero-order valence-corrected chi connectivity index (χ0v) is 5.65. The Balaban J connectivity index is 2.30. The summed E-state index contributed by atoms with van der Waals surface area (Å²) in [7, 11) is 0. The standard InChI is InChI=1S/C7H14FN/c8-7-4-2-1-3-6(7)5-9/h6-7H,1-5,9H2/t6?,7-/m0/s1. The summed E-state index contributed by atoms with van der Waals surface area (Å²) in [5.74, 6) is 0.166. The van der Waals surface area contributed by atoms with Gasteiger partial charge in [0.2, 0.25) is 0 Å². The zero-order chi connectivity index (χ0) is 6.69. The molecule has 0 bridgehead atoms. The first-order valence-electron chi connectivity index (χ1n) is 3.68. The lowest BCUT2D eigenvalue weighted by molar-refractivity contribution is 0.171. The van der Waals surface area contributed by atoms with Crippen LogP contribution in [0.4, 0.5) is 4.39 Å². The maximum Gasteiger partial charge on any atom is 0.104 e. The highest BCUT2D eigenvalue weighted by Crippen LogP contribution is 2.25. The summed E-state index contributed by atoms with van der Waals surface area (Å²) in [5.41, 5.74) is 5.35. The molecule has 0 spiro atoms. The Morgan fingerprint density at radius 2 is 2.00 bits per heavy atom. The van der Waals surface area contributed by atoms with Gasteiger partial charge in [-0.15, -0.1) is 0 Å². The largest absolute Gasteiger partial charge is 0.330 e. The second-order valence-electron chi connectivity index (χ2n) is 2.80. The van der Waals surface area contributed by atoms with Crippen molar-refractivity contribution < 1.29 is 4.39 Å². The number of hydrogen-bond donors (Lipinski definition) is 1. The van der Waals surface area contributed by atoms with E-state index in [1.807, 2.05) is 0 Å². The van der Waals surface area contributed by atoms with E-state index >= 15 is 0 Å². The van der Waals surface area contributed by atoms with E-state index in [-0.39, 0.29) is 5.92 Å². The van der Waals surface area contributed by atoms with E-state index in [9.17, 15) is 4.39 Å². The van der Waals surface area contributed by atoms with E-state index in [0.29, 0.717) is 6.54 Å². The smallest absolute Gasteiger partial charge is 0.104 e. The average molecular weight is 131 g/mol. The molecule has 1 aliphatic carbocycles. The molecule has 0 aromatic heterocycles. The Hall–Kier alpha value is -0.110. The monoisotopic (exact) mass is 131 g/mol. The first-order valence-corrected chi connectivity index (χ1v) is 3.68. The molecule has 1 saturated carbocycles. The molecule has 0 aromatic carbocycles. The first kappa shape index (κ1) is 7.00. The third kappa shape index (κ3) is 1.65. The van der Waals surface area contributed by atoms with Crippen molar-refractivity contribution in [2.24, 2.45) is 11.7 Å². The van der Waals surface area contributed by atoms with E-state index in [2.05, 4.69) is 0 Å². The molecular formula is C7H14FN. The van der Waals surface area contributed by atoms with Gasteiger partial charge >= 0.3 is 0 Å². The van der Waals surface area contributed by atoms with Crippen molar-refractivity contribution in [3.63, 3.8) is 0 Å². The average Bonchev–Trinajstić information content (AvgIpc) is 1.89. The van der Waals surface area contributed by atoms with Crippen LogP contribution in [0.25, 0.3) is 0 Å². The predicted octanol–water partition coefficient (Wildman–Crippen LogP) is 1.47. The summed E-state index contributed by atoms with van der Waals surface area (Å²) >= 11 is 0. The lowest BCUT2D eigenvalue weighted by Gasteiger charge is -2.23. The number of hydrogen-bond acceptors (Lipinski definition) is 1. The van der Waals surface area contributed by atoms with Gasteiger partial charge in [-0.2, -0.15) is 0 Å². The van der Waals surface area contributed by atoms with Crippen molar-refractivity contribution in [1.82, 2.24) is 0 Å². The van der Waals surface area contributed by atoms with Crippen molar-refractivity contribution in [1.29, 1.82) is 0 Å². The van der Waals surface area contributed by atoms with E-state index in [0.717, 1.165) is 19.3 Å². The highest BCUT2D eigenvalue weighted by atomic mass is 19.1. The van der Waals surface area contributed by atoms with Crippen LogP contribution >= 0.6 is 0 Å². The van der Waals surface area contributed by atoms with Crippen molar-refractivity contribution in [3.05, 3.63) is 0 Å². The SMILES string of the molecule is NCC1CCCC[C@@H]1F. The van der Waals surface area contributed by atoms with Gasteiger partial charge in [-0.3, -0.25) is 0 Å². The Bertz CT molecular complexity index is 85.0. The molecule has 2 N–H and O–H groups in total. The summed E-state index contributed by atoms with van der Waals surface area (Å²) in [5, 5.41) is 0. The number of rotatable bonds is 1. The lowest BCUT2D eigenvalue weighted by Crippen LogP contribution is -2.27. The van der Waals surface area contributed by atoms with Crippen molar-refractivity contribution >= 4 is 0 Å². The molecule has 9 heavy (non-hydrogen) atoms. The highest BCUT2D eigenvalue weighted by molar-refractivity contribution is 4.74. The topological polar surface area (TPSA) is 26.0 Å². The molecule has 0 radical (unpaired) electrons. The Morgan fingerprint density at radius 1 is 1.33 bits per heavy atom. The molecule has 0 heterocycles. The lowest BCUT2D eigenvalue weighted by atomic mass is 9.88. The molecule has 1 rings (SSSR count). The normalized spacial score (nSPS) is 36.7. The molecule has 1 fully saturated rings. The van der Waals surface area contributed by atoms with Crippen LogP contribution < -0.4 is 5.73 Å². The van der Waals surface area contributed by atoms with Crippen LogP contribution in [-0.2, 0) is 0 Å². The molecule has 1 nitrogen and oxygen atoms in total. The van der Waals surface area contributed by atoms with Gasteiger partial charge in [-0.05, 0) is 19.4 Å². The molecule has 0 amide bonds. The van der Waals surface area contributed by atoms with E-state index < -0.39 is 6.17 Å². The molecule has 0 aliphatic heterocycles. The quantitative estimate of drug-likeness (QED) is 0.573. The minimum atomic E-state index is -0.608. The van der Waals surface area contributed by atoms with Crippen LogP contribution in [0.3, 0.4) is 0 Å². The fourth-order valence-corrected chi connectivity index (χ4v) is 1.43. The van der Waals surface area contributed by atoms with Gasteiger partial charge in [0.25, 0.3) is 0 Å². The van der Waals surface area contributed by atoms with Crippen molar-refractivity contribution in [3.8, 4) is 0 Å². The molecule has 2 heteroatoms. The third-order valence-corrected chi connectivity index (χ3v) is 2.12. The summed E-state index contributed by atoms with van der Waals surface area (Å²) in [4.78, 5) is 0. The second kappa shape index (κ2) is 3.16. The van der Waals surface area contributed by atoms with Crippen LogP contribution in [-0.4, -0.2) is 12.7 Å². The Morgan fingerprint density at radius 3 is 2.44 bits per heavy atom. The summed E-state index contributed by atoms with van der Waals surface area (Å²) in [6.45, 7) is 0.529. The maximum absolute atomic E-state index is 12.8. The van der Waals surface area contributed by atoms with Gasteiger partial charge in [0.15, 0.2) is 0 Å². The van der Waals surface area contributed by atoms with Gasteiger partial charge in [-0.1, -0.05) is 12.8 Å². The fraction of sp³-hybridized carbons (Fsp3) is 1.00. The van der Waals surface area contributed by atoms with Gasteiger partial charge < -0.3 is 5.73 Å². The van der Waals surface area contributed by atoms with Crippen molar-refractivity contribution in [2.75, 3.05) is 6.54 Å². The van der Waals surface area contributed by atoms with E-state index in [1.54, 1.807) is 0 Å². The first-order chi connectivity index (χ1) is 4.34. The highest BCUT2D eigenvalue weighted by Gasteiger charge is 2.22. The van der Waals surface area contributed by atoms with Gasteiger partial charge in [0.05, 0.1) is 0 Å². The molecular weight excluding hydrogens is 117 g/mol. The number of alkyl halides is 1. The third-order valence-electron chi connectivity index (χ3n) is 2.12. The second-order valence-corrected chi connectivity index (χ2v) is 2.80. The number of nitrogens with two attached hydrogens (primary N) is 1.